The number of likely N-dealkylation sites (N-methyl/N-ethyl adjacent to an activating group) is 1. The normalized spacial score (nSPS) is 10.5. The Morgan fingerprint density at radius 3 is 3.00 bits per heavy atom. The molecule has 0 N–H and O–H groups in total. The van der Waals surface area contributed by atoms with Gasteiger partial charge in [-0.1, -0.05) is 0 Å². The Hall–Kier alpha value is -0.870. The van der Waals surface area contributed by atoms with E-state index >= 15 is 0 Å². The Labute approximate surface area is 88.3 Å². The van der Waals surface area contributed by atoms with E-state index in [1.54, 1.807) is 11.3 Å². The molecule has 4 heteroatoms. The van der Waals surface area contributed by atoms with Crippen LogP contribution in [-0.4, -0.2) is 31.1 Å². The van der Waals surface area contributed by atoms with Crippen LogP contribution in [0, 0.1) is 0 Å². The van der Waals surface area contributed by atoms with Crippen LogP contribution < -0.4 is 0 Å². The van der Waals surface area contributed by atoms with Crippen molar-refractivity contribution in [3.63, 3.8) is 0 Å². The van der Waals surface area contributed by atoms with Crippen LogP contribution in [0.25, 0.3) is 0 Å². The molecule has 1 aromatic heterocycles. The average molecular weight is 213 g/mol. The van der Waals surface area contributed by atoms with Gasteiger partial charge in [0.2, 0.25) is 0 Å². The molecule has 0 aliphatic rings. The van der Waals surface area contributed by atoms with Crippen molar-refractivity contribution in [1.82, 2.24) is 4.90 Å². The Kier molecular flexibility index (Phi) is 4.62. The highest BCUT2D eigenvalue weighted by Crippen LogP contribution is 2.07. The largest absolute Gasteiger partial charge is 0.465 e. The molecule has 0 fully saturated rings. The molecule has 0 bridgehead atoms. The fraction of sp³-hybridized carbons (Fsp3) is 0.500. The minimum Gasteiger partial charge on any atom is -0.465 e. The van der Waals surface area contributed by atoms with Gasteiger partial charge in [-0.25, -0.2) is 0 Å². The Balaban J connectivity index is 2.29. The number of hydrogen-bond acceptors (Lipinski definition) is 4. The molecule has 0 saturated carbocycles. The fourth-order valence-corrected chi connectivity index (χ4v) is 1.84. The molecule has 3 nitrogen and oxygen atoms in total. The fourth-order valence-electron chi connectivity index (χ4n) is 1.18. The smallest absolute Gasteiger partial charge is 0.320 e. The lowest BCUT2D eigenvalue weighted by atomic mass is 10.3. The highest BCUT2D eigenvalue weighted by atomic mass is 32.1. The summed E-state index contributed by atoms with van der Waals surface area (Å²) < 4.78 is 4.85. The van der Waals surface area contributed by atoms with Crippen LogP contribution in [0.1, 0.15) is 12.5 Å². The maximum atomic E-state index is 11.1. The number of carbonyl (C=O) groups excluding carboxylic acids is 1. The number of carbonyl (C=O) groups is 1. The standard InChI is InChI=1S/C10H15NO2S/c1-3-13-10(12)7-11(2)6-9-4-5-14-8-9/h4-5,8H,3,6-7H2,1-2H3. The first-order chi connectivity index (χ1) is 6.72. The molecule has 1 aromatic rings. The molecule has 78 valence electrons. The topological polar surface area (TPSA) is 29.5 Å². The third-order valence-corrected chi connectivity index (χ3v) is 2.47. The maximum absolute atomic E-state index is 11.1. The maximum Gasteiger partial charge on any atom is 0.320 e. The average Bonchev–Trinajstić information content (AvgIpc) is 2.56. The number of hydrogen-bond donors (Lipinski definition) is 0. The summed E-state index contributed by atoms with van der Waals surface area (Å²) in [6.07, 6.45) is 0. The zero-order valence-electron chi connectivity index (χ0n) is 8.53. The lowest BCUT2D eigenvalue weighted by Crippen LogP contribution is -2.26. The molecule has 0 atom stereocenters. The summed E-state index contributed by atoms with van der Waals surface area (Å²) in [5, 5.41) is 4.12. The molecule has 0 unspecified atom stereocenters. The molecule has 1 rings (SSSR count). The monoisotopic (exact) mass is 213 g/mol. The first kappa shape index (κ1) is 11.2. The van der Waals surface area contributed by atoms with Gasteiger partial charge in [-0.3, -0.25) is 9.69 Å². The summed E-state index contributed by atoms with van der Waals surface area (Å²) in [7, 11) is 1.91. The van der Waals surface area contributed by atoms with Gasteiger partial charge in [0.1, 0.15) is 0 Å². The summed E-state index contributed by atoms with van der Waals surface area (Å²) >= 11 is 1.67. The van der Waals surface area contributed by atoms with Gasteiger partial charge in [0.25, 0.3) is 0 Å². The van der Waals surface area contributed by atoms with Crippen molar-refractivity contribution < 1.29 is 9.53 Å². The zero-order chi connectivity index (χ0) is 10.4. The SMILES string of the molecule is CCOC(=O)CN(C)Cc1ccsc1. The molecule has 14 heavy (non-hydrogen) atoms. The molecule has 0 aliphatic carbocycles. The van der Waals surface area contributed by atoms with Gasteiger partial charge in [-0.05, 0) is 36.4 Å². The van der Waals surface area contributed by atoms with Gasteiger partial charge in [0.05, 0.1) is 13.2 Å². The molecular formula is C10H15NO2S. The Morgan fingerprint density at radius 2 is 2.43 bits per heavy atom. The van der Waals surface area contributed by atoms with Crippen LogP contribution in [0.15, 0.2) is 16.8 Å². The van der Waals surface area contributed by atoms with E-state index < -0.39 is 0 Å². The summed E-state index contributed by atoms with van der Waals surface area (Å²) in [6.45, 7) is 3.41. The van der Waals surface area contributed by atoms with E-state index in [4.69, 9.17) is 4.74 Å². The van der Waals surface area contributed by atoms with Crippen molar-refractivity contribution >= 4 is 17.3 Å². The van der Waals surface area contributed by atoms with Crippen LogP contribution in [0.3, 0.4) is 0 Å². The lowest BCUT2D eigenvalue weighted by molar-refractivity contribution is -0.144. The molecule has 0 aromatic carbocycles. The van der Waals surface area contributed by atoms with Crippen molar-refractivity contribution in [2.45, 2.75) is 13.5 Å². The second-order valence-corrected chi connectivity index (χ2v) is 3.89. The molecule has 1 heterocycles. The number of esters is 1. The minimum atomic E-state index is -0.162. The second kappa shape index (κ2) is 5.78. The van der Waals surface area contributed by atoms with E-state index in [0.717, 1.165) is 6.54 Å². The van der Waals surface area contributed by atoms with Crippen LogP contribution in [0.5, 0.6) is 0 Å². The highest BCUT2D eigenvalue weighted by molar-refractivity contribution is 7.07. The minimum absolute atomic E-state index is 0.162. The molecular weight excluding hydrogens is 198 g/mol. The first-order valence-electron chi connectivity index (χ1n) is 4.57. The lowest BCUT2D eigenvalue weighted by Gasteiger charge is -2.14. The zero-order valence-corrected chi connectivity index (χ0v) is 9.34. The van der Waals surface area contributed by atoms with E-state index in [2.05, 4.69) is 11.4 Å². The van der Waals surface area contributed by atoms with Crippen molar-refractivity contribution in [3.05, 3.63) is 22.4 Å². The molecule has 0 spiro atoms. The quantitative estimate of drug-likeness (QED) is 0.698. The van der Waals surface area contributed by atoms with E-state index in [0.29, 0.717) is 13.2 Å². The van der Waals surface area contributed by atoms with Crippen molar-refractivity contribution in [2.75, 3.05) is 20.2 Å². The summed E-state index contributed by atoms with van der Waals surface area (Å²) in [4.78, 5) is 13.1. The Bertz CT molecular complexity index is 272. The van der Waals surface area contributed by atoms with Crippen LogP contribution in [0.2, 0.25) is 0 Å². The predicted molar refractivity (Wildman–Crippen MR) is 57.3 cm³/mol. The predicted octanol–water partition coefficient (Wildman–Crippen LogP) is 1.74. The molecule has 0 radical (unpaired) electrons. The summed E-state index contributed by atoms with van der Waals surface area (Å²) in [5.74, 6) is -0.162. The van der Waals surface area contributed by atoms with Crippen molar-refractivity contribution in [3.8, 4) is 0 Å². The van der Waals surface area contributed by atoms with Gasteiger partial charge in [0, 0.05) is 6.54 Å². The second-order valence-electron chi connectivity index (χ2n) is 3.11. The van der Waals surface area contributed by atoms with E-state index in [1.807, 2.05) is 24.3 Å². The van der Waals surface area contributed by atoms with Crippen molar-refractivity contribution in [1.29, 1.82) is 0 Å². The summed E-state index contributed by atoms with van der Waals surface area (Å²) in [6, 6.07) is 2.06. The molecule has 0 amide bonds. The van der Waals surface area contributed by atoms with Gasteiger partial charge in [0.15, 0.2) is 0 Å². The van der Waals surface area contributed by atoms with Gasteiger partial charge in [-0.15, -0.1) is 0 Å². The highest BCUT2D eigenvalue weighted by Gasteiger charge is 2.07. The van der Waals surface area contributed by atoms with E-state index in [9.17, 15) is 4.79 Å². The number of thiophene rings is 1. The first-order valence-corrected chi connectivity index (χ1v) is 5.52. The van der Waals surface area contributed by atoms with E-state index in [-0.39, 0.29) is 5.97 Å². The van der Waals surface area contributed by atoms with E-state index in [1.165, 1.54) is 5.56 Å². The van der Waals surface area contributed by atoms with Crippen molar-refractivity contribution in [2.24, 2.45) is 0 Å². The van der Waals surface area contributed by atoms with Crippen LogP contribution in [0.4, 0.5) is 0 Å². The number of rotatable bonds is 5. The molecule has 0 aliphatic heterocycles. The Morgan fingerprint density at radius 1 is 1.64 bits per heavy atom. The van der Waals surface area contributed by atoms with Crippen LogP contribution >= 0.6 is 11.3 Å². The van der Waals surface area contributed by atoms with Gasteiger partial charge < -0.3 is 4.74 Å². The number of ether oxygens (including phenoxy) is 1. The van der Waals surface area contributed by atoms with Crippen LogP contribution in [-0.2, 0) is 16.1 Å². The van der Waals surface area contributed by atoms with Gasteiger partial charge >= 0.3 is 5.97 Å². The third kappa shape index (κ3) is 3.89. The summed E-state index contributed by atoms with van der Waals surface area (Å²) in [5.41, 5.74) is 1.24. The third-order valence-electron chi connectivity index (χ3n) is 1.74. The number of nitrogens with zero attached hydrogens (tertiary/aromatic N) is 1. The molecule has 0 saturated heterocycles. The van der Waals surface area contributed by atoms with Gasteiger partial charge in [-0.2, -0.15) is 11.3 Å².